The number of aliphatic hydroxyl groups excluding tert-OH is 1. The van der Waals surface area contributed by atoms with Gasteiger partial charge in [0.1, 0.15) is 6.04 Å². The van der Waals surface area contributed by atoms with Crippen molar-refractivity contribution in [2.45, 2.75) is 73.8 Å². The second-order valence-corrected chi connectivity index (χ2v) is 13.5. The standard InChI is InChI=1S/C35H44N2O5S/c1-3-5-6-13-23-42-34(41)29-28-18-19-35(43-28)30(29)32(39)37(21-11-7-8-12-22-38)31(35)33(40)36(20-4-2)27-17-16-25-14-9-10-15-26(25)24-27/h3-4,9-10,14-17,24,28-31,38H,1-2,5-8,11-13,18-23H2/t28-,29+,30+,31?,35?/m1/s1. The number of likely N-dealkylation sites (tertiary alicyclic amines) is 1. The van der Waals surface area contributed by atoms with Crippen molar-refractivity contribution in [1.29, 1.82) is 0 Å². The van der Waals surface area contributed by atoms with Crippen LogP contribution < -0.4 is 4.90 Å². The average Bonchev–Trinajstić information content (AvgIpc) is 3.66. The molecule has 5 atom stereocenters. The quantitative estimate of drug-likeness (QED) is 0.146. The van der Waals surface area contributed by atoms with Gasteiger partial charge >= 0.3 is 5.97 Å². The number of esters is 1. The third kappa shape index (κ3) is 6.14. The summed E-state index contributed by atoms with van der Waals surface area (Å²) in [5.41, 5.74) is 0.770. The van der Waals surface area contributed by atoms with Crippen LogP contribution in [0.25, 0.3) is 10.8 Å². The van der Waals surface area contributed by atoms with Crippen LogP contribution in [0.4, 0.5) is 5.69 Å². The van der Waals surface area contributed by atoms with Crippen molar-refractivity contribution in [3.05, 3.63) is 67.8 Å². The summed E-state index contributed by atoms with van der Waals surface area (Å²) in [5.74, 6) is -1.61. The molecule has 5 rings (SSSR count). The lowest BCUT2D eigenvalue weighted by atomic mass is 9.71. The van der Waals surface area contributed by atoms with Gasteiger partial charge in [0.15, 0.2) is 0 Å². The summed E-state index contributed by atoms with van der Waals surface area (Å²) in [5, 5.41) is 11.3. The summed E-state index contributed by atoms with van der Waals surface area (Å²) in [4.78, 5) is 46.1. The SMILES string of the molecule is C=CCCCCOC(=O)[C@@H]1[C@H]2C(=O)N(CCCCCCO)C(C(=O)N(CC=C)c3ccc4ccccc4c3)C23CC[C@H]1S3. The Hall–Kier alpha value is -3.10. The van der Waals surface area contributed by atoms with Crippen LogP contribution >= 0.6 is 11.8 Å². The van der Waals surface area contributed by atoms with E-state index in [9.17, 15) is 19.5 Å². The minimum atomic E-state index is -0.672. The molecule has 3 fully saturated rings. The number of aliphatic hydroxyl groups is 1. The maximum absolute atomic E-state index is 14.8. The lowest BCUT2D eigenvalue weighted by Gasteiger charge is -2.37. The lowest BCUT2D eigenvalue weighted by molar-refractivity contribution is -0.154. The number of amides is 2. The number of thioether (sulfide) groups is 1. The van der Waals surface area contributed by atoms with Gasteiger partial charge in [0.05, 0.1) is 23.2 Å². The van der Waals surface area contributed by atoms with Crippen LogP contribution in [0.15, 0.2) is 67.8 Å². The maximum Gasteiger partial charge on any atom is 0.310 e. The Morgan fingerprint density at radius 1 is 1.05 bits per heavy atom. The minimum Gasteiger partial charge on any atom is -0.465 e. The molecule has 2 aromatic carbocycles. The van der Waals surface area contributed by atoms with E-state index in [-0.39, 0.29) is 29.6 Å². The molecule has 2 amide bonds. The number of allylic oxidation sites excluding steroid dienone is 1. The molecule has 3 aliphatic rings. The van der Waals surface area contributed by atoms with Crippen molar-refractivity contribution < 1.29 is 24.2 Å². The molecule has 0 aromatic heterocycles. The summed E-state index contributed by atoms with van der Waals surface area (Å²) in [7, 11) is 0. The summed E-state index contributed by atoms with van der Waals surface area (Å²) in [6, 6.07) is 13.4. The van der Waals surface area contributed by atoms with E-state index in [1.165, 1.54) is 0 Å². The zero-order chi connectivity index (χ0) is 30.4. The highest BCUT2D eigenvalue weighted by Gasteiger charge is 2.74. The first-order valence-corrected chi connectivity index (χ1v) is 16.6. The number of unbranched alkanes of at least 4 members (excludes halogenated alkanes) is 5. The van der Waals surface area contributed by atoms with Crippen LogP contribution in [-0.4, -0.2) is 70.1 Å². The molecule has 230 valence electrons. The third-order valence-corrected chi connectivity index (χ3v) is 11.2. The molecule has 3 aliphatic heterocycles. The largest absolute Gasteiger partial charge is 0.465 e. The monoisotopic (exact) mass is 604 g/mol. The van der Waals surface area contributed by atoms with Gasteiger partial charge in [-0.05, 0) is 67.9 Å². The van der Waals surface area contributed by atoms with Gasteiger partial charge in [-0.25, -0.2) is 0 Å². The number of fused-ring (bicyclic) bond motifs is 2. The molecule has 43 heavy (non-hydrogen) atoms. The number of anilines is 1. The minimum absolute atomic E-state index is 0.0230. The van der Waals surface area contributed by atoms with E-state index in [1.807, 2.05) is 48.5 Å². The molecule has 2 bridgehead atoms. The molecular formula is C35H44N2O5S. The first kappa shape index (κ1) is 31.3. The van der Waals surface area contributed by atoms with E-state index in [0.717, 1.165) is 74.2 Å². The van der Waals surface area contributed by atoms with Crippen LogP contribution in [0.3, 0.4) is 0 Å². The fourth-order valence-electron chi connectivity index (χ4n) is 7.29. The molecule has 1 N–H and O–H groups in total. The van der Waals surface area contributed by atoms with Gasteiger partial charge in [0.25, 0.3) is 5.91 Å². The van der Waals surface area contributed by atoms with E-state index >= 15 is 0 Å². The number of benzene rings is 2. The molecule has 8 heteroatoms. The molecule has 3 heterocycles. The topological polar surface area (TPSA) is 87.1 Å². The van der Waals surface area contributed by atoms with E-state index in [0.29, 0.717) is 19.7 Å². The van der Waals surface area contributed by atoms with Gasteiger partial charge in [0, 0.05) is 30.6 Å². The number of hydrogen-bond acceptors (Lipinski definition) is 6. The van der Waals surface area contributed by atoms with Gasteiger partial charge in [-0.2, -0.15) is 0 Å². The van der Waals surface area contributed by atoms with Crippen LogP contribution in [0, 0.1) is 11.8 Å². The predicted octanol–water partition coefficient (Wildman–Crippen LogP) is 5.90. The fraction of sp³-hybridized carbons (Fsp3) is 0.514. The van der Waals surface area contributed by atoms with Crippen molar-refractivity contribution in [2.24, 2.45) is 11.8 Å². The molecule has 0 saturated carbocycles. The van der Waals surface area contributed by atoms with Gasteiger partial charge < -0.3 is 19.6 Å². The molecule has 2 aromatic rings. The molecule has 3 saturated heterocycles. The zero-order valence-electron chi connectivity index (χ0n) is 25.0. The maximum atomic E-state index is 14.8. The molecule has 7 nitrogen and oxygen atoms in total. The molecule has 0 aliphatic carbocycles. The van der Waals surface area contributed by atoms with Crippen molar-refractivity contribution >= 4 is 46.0 Å². The van der Waals surface area contributed by atoms with E-state index < -0.39 is 22.6 Å². The second-order valence-electron chi connectivity index (χ2n) is 11.9. The summed E-state index contributed by atoms with van der Waals surface area (Å²) >= 11 is 1.67. The molecule has 2 unspecified atom stereocenters. The van der Waals surface area contributed by atoms with Crippen molar-refractivity contribution in [3.8, 4) is 0 Å². The van der Waals surface area contributed by atoms with Crippen LogP contribution in [0.2, 0.25) is 0 Å². The Labute approximate surface area is 259 Å². The Kier molecular flexibility index (Phi) is 10.3. The van der Waals surface area contributed by atoms with E-state index in [1.54, 1.807) is 27.6 Å². The highest BCUT2D eigenvalue weighted by Crippen LogP contribution is 2.66. The van der Waals surface area contributed by atoms with Crippen LogP contribution in [0.1, 0.15) is 57.8 Å². The first-order chi connectivity index (χ1) is 21.0. The second kappa shape index (κ2) is 14.1. The number of rotatable bonds is 16. The lowest BCUT2D eigenvalue weighted by Crippen LogP contribution is -2.55. The van der Waals surface area contributed by atoms with Crippen molar-refractivity contribution in [3.63, 3.8) is 0 Å². The number of hydrogen-bond donors (Lipinski definition) is 1. The normalized spacial score (nSPS) is 25.6. The van der Waals surface area contributed by atoms with Crippen molar-refractivity contribution in [2.75, 3.05) is 31.2 Å². The molecule has 1 spiro atoms. The van der Waals surface area contributed by atoms with Gasteiger partial charge in [0.2, 0.25) is 5.91 Å². The van der Waals surface area contributed by atoms with Gasteiger partial charge in [-0.1, -0.05) is 55.3 Å². The first-order valence-electron chi connectivity index (χ1n) is 15.7. The van der Waals surface area contributed by atoms with Gasteiger partial charge in [-0.3, -0.25) is 14.4 Å². The molecular weight excluding hydrogens is 560 g/mol. The van der Waals surface area contributed by atoms with Crippen LogP contribution in [0.5, 0.6) is 0 Å². The Morgan fingerprint density at radius 2 is 1.84 bits per heavy atom. The number of carbonyl (C=O) groups excluding carboxylic acids is 3. The third-order valence-electron chi connectivity index (χ3n) is 9.28. The van der Waals surface area contributed by atoms with E-state index in [2.05, 4.69) is 13.2 Å². The Morgan fingerprint density at radius 3 is 2.60 bits per heavy atom. The highest BCUT2D eigenvalue weighted by atomic mass is 32.2. The fourth-order valence-corrected chi connectivity index (χ4v) is 9.49. The van der Waals surface area contributed by atoms with E-state index in [4.69, 9.17) is 4.74 Å². The smallest absolute Gasteiger partial charge is 0.310 e. The zero-order valence-corrected chi connectivity index (χ0v) is 25.8. The van der Waals surface area contributed by atoms with Crippen LogP contribution in [-0.2, 0) is 19.1 Å². The van der Waals surface area contributed by atoms with Gasteiger partial charge in [-0.15, -0.1) is 24.9 Å². The predicted molar refractivity (Wildman–Crippen MR) is 173 cm³/mol. The Bertz CT molecular complexity index is 1350. The summed E-state index contributed by atoms with van der Waals surface area (Å²) in [6.45, 7) is 8.93. The Balaban J connectivity index is 1.45. The summed E-state index contributed by atoms with van der Waals surface area (Å²) in [6.07, 6.45) is 10.8. The summed E-state index contributed by atoms with van der Waals surface area (Å²) < 4.78 is 5.08. The molecule has 0 radical (unpaired) electrons. The number of nitrogens with zero attached hydrogens (tertiary/aromatic N) is 2. The van der Waals surface area contributed by atoms with Crippen molar-refractivity contribution in [1.82, 2.24) is 4.90 Å². The number of ether oxygens (including phenoxy) is 1. The highest BCUT2D eigenvalue weighted by molar-refractivity contribution is 8.02. The average molecular weight is 605 g/mol. The number of carbonyl (C=O) groups is 3.